The summed E-state index contributed by atoms with van der Waals surface area (Å²) >= 11 is 8.23. The van der Waals surface area contributed by atoms with E-state index in [-0.39, 0.29) is 25.0 Å². The van der Waals surface area contributed by atoms with Gasteiger partial charge in [0.2, 0.25) is 5.91 Å². The molecule has 0 radical (unpaired) electrons. The lowest BCUT2D eigenvalue weighted by molar-refractivity contribution is -0.141. The molecule has 1 aromatic heterocycles. The van der Waals surface area contributed by atoms with Gasteiger partial charge in [-0.05, 0) is 37.5 Å². The Morgan fingerprint density at radius 2 is 2.11 bits per heavy atom. The number of hydrogen-bond acceptors (Lipinski definition) is 6. The largest absolute Gasteiger partial charge is 0.492 e. The number of carbonyl (C=O) groups excluding carboxylic acids is 2. The molecule has 0 saturated carbocycles. The third-order valence-corrected chi connectivity index (χ3v) is 6.94. The van der Waals surface area contributed by atoms with Crippen LogP contribution in [-0.4, -0.2) is 52.1 Å². The number of nitrogens with zero attached hydrogens (tertiary/aromatic N) is 2. The van der Waals surface area contributed by atoms with Gasteiger partial charge in [-0.25, -0.2) is 9.78 Å². The summed E-state index contributed by atoms with van der Waals surface area (Å²) in [6.07, 6.45) is 3.61. The van der Waals surface area contributed by atoms with E-state index in [4.69, 9.17) is 25.8 Å². The molecule has 1 amide bonds. The average molecular weight is 611 g/mol. The minimum atomic E-state index is -0.467. The maximum absolute atomic E-state index is 13.5. The Labute approximate surface area is 223 Å². The Bertz CT molecular complexity index is 1090. The third kappa shape index (κ3) is 6.34. The molecule has 0 N–H and O–H groups in total. The van der Waals surface area contributed by atoms with E-state index in [1.54, 1.807) is 30.2 Å². The molecule has 3 heterocycles. The standard InChI is InChI=1S/C26H28ClIN2O5/c1-17-25(26(32)35-16-19-5-2-3-7-22(19)34-12-10-28)21(18-8-9-23(27)29-14-18)13-24(31)30(17)15-20-6-4-11-33-20/h2-3,5,7-9,14,20-21H,4,6,10-13,15-16H2,1H3/t20-,21+/m0/s1. The number of alkyl halides is 1. The predicted octanol–water partition coefficient (Wildman–Crippen LogP) is 5.06. The predicted molar refractivity (Wildman–Crippen MR) is 141 cm³/mol. The van der Waals surface area contributed by atoms with Crippen molar-refractivity contribution in [3.8, 4) is 5.75 Å². The molecule has 7 nitrogen and oxygen atoms in total. The van der Waals surface area contributed by atoms with E-state index in [9.17, 15) is 9.59 Å². The van der Waals surface area contributed by atoms with Crippen LogP contribution in [0.3, 0.4) is 0 Å². The number of hydrogen-bond donors (Lipinski definition) is 0. The van der Waals surface area contributed by atoms with Crippen molar-refractivity contribution in [1.82, 2.24) is 9.88 Å². The maximum Gasteiger partial charge on any atom is 0.336 e. The number of halogens is 2. The van der Waals surface area contributed by atoms with Crippen LogP contribution in [0.15, 0.2) is 53.9 Å². The second kappa shape index (κ2) is 12.2. The van der Waals surface area contributed by atoms with E-state index in [2.05, 4.69) is 27.6 Å². The molecule has 2 aromatic rings. The van der Waals surface area contributed by atoms with Gasteiger partial charge in [-0.15, -0.1) is 0 Å². The Morgan fingerprint density at radius 3 is 2.83 bits per heavy atom. The number of benzene rings is 1. The molecule has 1 fully saturated rings. The van der Waals surface area contributed by atoms with Gasteiger partial charge in [0.1, 0.15) is 17.5 Å². The number of amides is 1. The van der Waals surface area contributed by atoms with Crippen molar-refractivity contribution in [2.45, 2.75) is 44.8 Å². The van der Waals surface area contributed by atoms with Crippen molar-refractivity contribution in [1.29, 1.82) is 0 Å². The van der Waals surface area contributed by atoms with Gasteiger partial charge in [-0.3, -0.25) is 4.79 Å². The molecular formula is C26H28ClIN2O5. The lowest BCUT2D eigenvalue weighted by Crippen LogP contribution is -2.42. The van der Waals surface area contributed by atoms with Crippen LogP contribution in [0.4, 0.5) is 0 Å². The number of carbonyl (C=O) groups is 2. The number of ether oxygens (including phenoxy) is 3. The zero-order valence-electron chi connectivity index (χ0n) is 19.5. The number of aromatic nitrogens is 1. The highest BCUT2D eigenvalue weighted by atomic mass is 127. The minimum Gasteiger partial charge on any atom is -0.492 e. The normalized spacial score (nSPS) is 20.3. The summed E-state index contributed by atoms with van der Waals surface area (Å²) in [5.74, 6) is -0.283. The summed E-state index contributed by atoms with van der Waals surface area (Å²) in [4.78, 5) is 32.5. The van der Waals surface area contributed by atoms with Gasteiger partial charge < -0.3 is 19.1 Å². The minimum absolute atomic E-state index is 0.0261. The van der Waals surface area contributed by atoms with Crippen molar-refractivity contribution in [2.75, 3.05) is 24.2 Å². The van der Waals surface area contributed by atoms with Crippen LogP contribution < -0.4 is 4.74 Å². The summed E-state index contributed by atoms with van der Waals surface area (Å²) in [6, 6.07) is 11.0. The zero-order chi connectivity index (χ0) is 24.8. The Morgan fingerprint density at radius 1 is 1.29 bits per heavy atom. The first-order valence-electron chi connectivity index (χ1n) is 11.7. The van der Waals surface area contributed by atoms with Crippen LogP contribution >= 0.6 is 34.2 Å². The van der Waals surface area contributed by atoms with Crippen LogP contribution in [0.25, 0.3) is 0 Å². The first-order chi connectivity index (χ1) is 17.0. The highest BCUT2D eigenvalue weighted by Gasteiger charge is 2.38. The van der Waals surface area contributed by atoms with Crippen molar-refractivity contribution in [2.24, 2.45) is 0 Å². The molecule has 2 atom stereocenters. The highest BCUT2D eigenvalue weighted by molar-refractivity contribution is 14.1. The fourth-order valence-corrected chi connectivity index (χ4v) is 4.84. The first-order valence-corrected chi connectivity index (χ1v) is 13.6. The second-order valence-corrected chi connectivity index (χ2v) is 10.00. The van der Waals surface area contributed by atoms with E-state index in [0.29, 0.717) is 41.9 Å². The SMILES string of the molecule is CC1=C(C(=O)OCc2ccccc2OCCI)[C@@H](c2ccc(Cl)nc2)CC(=O)N1C[C@@H]1CCCO1. The lowest BCUT2D eigenvalue weighted by Gasteiger charge is -2.35. The van der Waals surface area contributed by atoms with Gasteiger partial charge >= 0.3 is 5.97 Å². The molecule has 0 unspecified atom stereocenters. The number of rotatable bonds is 9. The average Bonchev–Trinajstić information content (AvgIpc) is 3.38. The molecule has 2 aliphatic rings. The molecule has 9 heteroatoms. The zero-order valence-corrected chi connectivity index (χ0v) is 22.5. The van der Waals surface area contributed by atoms with Gasteiger partial charge in [0, 0.05) is 40.8 Å². The van der Waals surface area contributed by atoms with Crippen LogP contribution in [0, 0.1) is 0 Å². The van der Waals surface area contributed by atoms with Crippen LogP contribution in [0.5, 0.6) is 5.75 Å². The Kier molecular flexibility index (Phi) is 9.02. The third-order valence-electron chi connectivity index (χ3n) is 6.27. The van der Waals surface area contributed by atoms with E-state index in [0.717, 1.165) is 28.4 Å². The van der Waals surface area contributed by atoms with Gasteiger partial charge in [-0.2, -0.15) is 0 Å². The molecule has 1 saturated heterocycles. The Balaban J connectivity index is 1.61. The number of pyridine rings is 1. The Hall–Kier alpha value is -2.17. The molecule has 35 heavy (non-hydrogen) atoms. The van der Waals surface area contributed by atoms with E-state index >= 15 is 0 Å². The summed E-state index contributed by atoms with van der Waals surface area (Å²) < 4.78 is 18.2. The van der Waals surface area contributed by atoms with E-state index < -0.39 is 11.9 Å². The molecule has 0 spiro atoms. The van der Waals surface area contributed by atoms with Gasteiger partial charge in [0.15, 0.2) is 0 Å². The molecule has 2 aliphatic heterocycles. The van der Waals surface area contributed by atoms with Crippen molar-refractivity contribution >= 4 is 46.1 Å². The molecule has 186 valence electrons. The number of esters is 1. The van der Waals surface area contributed by atoms with Crippen LogP contribution in [-0.2, 0) is 25.7 Å². The van der Waals surface area contributed by atoms with Crippen molar-refractivity contribution in [3.05, 3.63) is 70.1 Å². The second-order valence-electron chi connectivity index (χ2n) is 8.53. The topological polar surface area (TPSA) is 78.0 Å². The van der Waals surface area contributed by atoms with E-state index in [1.165, 1.54) is 0 Å². The summed E-state index contributed by atoms with van der Waals surface area (Å²) in [6.45, 7) is 3.57. The smallest absolute Gasteiger partial charge is 0.336 e. The fraction of sp³-hybridized carbons (Fsp3) is 0.423. The summed E-state index contributed by atoms with van der Waals surface area (Å²) in [5.41, 5.74) is 2.59. The van der Waals surface area contributed by atoms with Crippen molar-refractivity contribution in [3.63, 3.8) is 0 Å². The molecule has 4 rings (SSSR count). The van der Waals surface area contributed by atoms with Gasteiger partial charge in [0.05, 0.1) is 24.8 Å². The van der Waals surface area contributed by atoms with Gasteiger partial charge in [-0.1, -0.05) is 58.5 Å². The molecular weight excluding hydrogens is 583 g/mol. The van der Waals surface area contributed by atoms with Crippen molar-refractivity contribution < 1.29 is 23.8 Å². The van der Waals surface area contributed by atoms with Gasteiger partial charge in [0.25, 0.3) is 0 Å². The molecule has 1 aromatic carbocycles. The van der Waals surface area contributed by atoms with Crippen LogP contribution in [0.1, 0.15) is 43.2 Å². The number of allylic oxidation sites excluding steroid dienone is 1. The maximum atomic E-state index is 13.5. The monoisotopic (exact) mass is 610 g/mol. The quantitative estimate of drug-likeness (QED) is 0.171. The molecule has 0 aliphatic carbocycles. The highest BCUT2D eigenvalue weighted by Crippen LogP contribution is 2.38. The lowest BCUT2D eigenvalue weighted by atomic mass is 9.84. The van der Waals surface area contributed by atoms with E-state index in [1.807, 2.05) is 24.3 Å². The van der Waals surface area contributed by atoms with Crippen LogP contribution in [0.2, 0.25) is 5.15 Å². The number of para-hydroxylation sites is 1. The summed E-state index contributed by atoms with van der Waals surface area (Å²) in [5, 5.41) is 0.351. The fourth-order valence-electron chi connectivity index (χ4n) is 4.50. The summed E-state index contributed by atoms with van der Waals surface area (Å²) in [7, 11) is 0. The molecule has 0 bridgehead atoms. The first kappa shape index (κ1) is 25.9.